The van der Waals surface area contributed by atoms with Gasteiger partial charge in [-0.05, 0) is 94.9 Å². The molecule has 0 bridgehead atoms. The lowest BCUT2D eigenvalue weighted by atomic mass is 9.97. The highest BCUT2D eigenvalue weighted by molar-refractivity contribution is 5.74. The van der Waals surface area contributed by atoms with E-state index in [0.29, 0.717) is 0 Å². The molecule has 0 spiro atoms. The molecular formula is C67H57N3. The Balaban J connectivity index is 0.000000193. The Kier molecular flexibility index (Phi) is 6.01. The van der Waals surface area contributed by atoms with Crippen molar-refractivity contribution in [1.82, 2.24) is 15.0 Å². The van der Waals surface area contributed by atoms with E-state index in [1.54, 1.807) is 0 Å². The smallest absolute Gasteiger partial charge is 0.163 e. The number of aromatic nitrogens is 3. The lowest BCUT2D eigenvalue weighted by Gasteiger charge is -2.08. The molecule has 0 amide bonds. The van der Waals surface area contributed by atoms with E-state index in [0.717, 1.165) is 0 Å². The molecule has 0 saturated heterocycles. The molecule has 3 nitrogen and oxygen atoms in total. The van der Waals surface area contributed by atoms with Gasteiger partial charge in [0.2, 0.25) is 0 Å². The van der Waals surface area contributed by atoms with Crippen LogP contribution in [0.4, 0.5) is 0 Å². The Morgan fingerprint density at radius 1 is 0.214 bits per heavy atom. The fourth-order valence-electron chi connectivity index (χ4n) is 5.40. The molecule has 0 fully saturated rings. The van der Waals surface area contributed by atoms with E-state index in [9.17, 15) is 0 Å². The van der Waals surface area contributed by atoms with Crippen LogP contribution in [-0.2, 0) is 0 Å². The Hall–Kier alpha value is -8.79. The van der Waals surface area contributed by atoms with Crippen LogP contribution in [0.2, 0.25) is 0 Å². The monoisotopic (exact) mass is 949 g/mol. The molecule has 1 heterocycles. The molecule has 340 valence electrons. The van der Waals surface area contributed by atoms with Crippen molar-refractivity contribution in [2.24, 2.45) is 0 Å². The van der Waals surface area contributed by atoms with Crippen LogP contribution >= 0.6 is 0 Å². The normalized spacial score (nSPS) is 19.3. The molecule has 0 radical (unpaired) electrons. The van der Waals surface area contributed by atoms with E-state index in [4.69, 9.17) is 61.7 Å². The summed E-state index contributed by atoms with van der Waals surface area (Å²) in [7, 11) is 0. The van der Waals surface area contributed by atoms with Gasteiger partial charge in [0.1, 0.15) is 5.82 Å². The molecule has 3 heteroatoms. The molecule has 0 saturated carbocycles. The van der Waals surface area contributed by atoms with Crippen molar-refractivity contribution >= 4 is 0 Å². The fourth-order valence-corrected chi connectivity index (χ4v) is 5.40. The van der Waals surface area contributed by atoms with Crippen molar-refractivity contribution < 1.29 is 61.7 Å². The van der Waals surface area contributed by atoms with Gasteiger partial charge < -0.3 is 0 Å². The molecule has 10 aromatic carbocycles. The third-order valence-electron chi connectivity index (χ3n) is 8.44. The maximum absolute atomic E-state index is 8.66. The highest BCUT2D eigenvalue weighted by Gasteiger charge is 2.08. The quantitative estimate of drug-likeness (QED) is 0.160. The zero-order valence-corrected chi connectivity index (χ0v) is 36.8. The first kappa shape index (κ1) is 17.3. The molecule has 11 rings (SSSR count). The topological polar surface area (TPSA) is 38.7 Å². The highest BCUT2D eigenvalue weighted by Crippen LogP contribution is 2.29. The summed E-state index contributed by atoms with van der Waals surface area (Å²) in [6, 6.07) is -25.9. The summed E-state index contributed by atoms with van der Waals surface area (Å²) in [6.07, 6.45) is 0. The number of hydrogen-bond acceptors (Lipinski definition) is 3. The summed E-state index contributed by atoms with van der Waals surface area (Å²) >= 11 is 0. The number of rotatable bonds is 7. The Bertz CT molecular complexity index is 5420. The number of benzene rings is 10. The number of hydrogen-bond donors (Lipinski definition) is 0. The third kappa shape index (κ3) is 13.7. The first-order chi connectivity index (χ1) is 53.1. The first-order valence-corrected chi connectivity index (χ1v) is 20.1. The number of nitrogens with zero attached hydrogens (tertiary/aromatic N) is 3. The molecule has 0 atom stereocenters. The first-order valence-electron chi connectivity index (χ1n) is 42.6. The molecule has 0 N–H and O–H groups in total. The van der Waals surface area contributed by atoms with Crippen LogP contribution < -0.4 is 0 Å². The Morgan fingerprint density at radius 3 is 0.886 bits per heavy atom. The van der Waals surface area contributed by atoms with Crippen molar-refractivity contribution in [3.8, 4) is 78.4 Å². The van der Waals surface area contributed by atoms with Crippen molar-refractivity contribution in [3.63, 3.8) is 0 Å². The number of aryl methyl sites for hydroxylation is 1. The van der Waals surface area contributed by atoms with Crippen molar-refractivity contribution in [2.45, 2.75) is 27.7 Å². The molecule has 1 aromatic heterocycles. The van der Waals surface area contributed by atoms with Gasteiger partial charge in [0.25, 0.3) is 0 Å². The van der Waals surface area contributed by atoms with Crippen LogP contribution in [-0.4, -0.2) is 15.0 Å². The lowest BCUT2D eigenvalue weighted by molar-refractivity contribution is 0.992. The van der Waals surface area contributed by atoms with Crippen LogP contribution in [0.25, 0.3) is 78.4 Å². The largest absolute Gasteiger partial charge is 0.213 e. The van der Waals surface area contributed by atoms with Gasteiger partial charge in [-0.2, -0.15) is 0 Å². The van der Waals surface area contributed by atoms with Crippen molar-refractivity contribution in [1.29, 1.82) is 0 Å². The van der Waals surface area contributed by atoms with Gasteiger partial charge in [-0.15, -0.1) is 0 Å². The highest BCUT2D eigenvalue weighted by atomic mass is 15.0. The summed E-state index contributed by atoms with van der Waals surface area (Å²) in [5.41, 5.74) is -4.37. The minimum Gasteiger partial charge on any atom is -0.213 e. The van der Waals surface area contributed by atoms with Gasteiger partial charge in [-0.25, -0.2) is 15.0 Å². The summed E-state index contributed by atoms with van der Waals surface area (Å²) in [4.78, 5) is 12.2. The molecule has 0 aliphatic carbocycles. The summed E-state index contributed by atoms with van der Waals surface area (Å²) in [5, 5.41) is 0. The molecule has 0 aliphatic heterocycles. The molecular weight excluding hydrogens is 847 g/mol. The molecule has 11 aromatic rings. The van der Waals surface area contributed by atoms with E-state index >= 15 is 0 Å². The fraction of sp³-hybridized carbons (Fsp3) is 0.0597. The van der Waals surface area contributed by atoms with Gasteiger partial charge in [-0.1, -0.05) is 277 Å². The maximum atomic E-state index is 8.66. The van der Waals surface area contributed by atoms with Crippen LogP contribution in [0.15, 0.2) is 272 Å². The van der Waals surface area contributed by atoms with Gasteiger partial charge in [0, 0.05) is 11.1 Å². The van der Waals surface area contributed by atoms with Gasteiger partial charge in [0.15, 0.2) is 11.6 Å². The van der Waals surface area contributed by atoms with E-state index in [1.165, 1.54) is 27.7 Å². The Morgan fingerprint density at radius 2 is 0.500 bits per heavy atom. The second-order valence-electron chi connectivity index (χ2n) is 13.5. The predicted octanol–water partition coefficient (Wildman–Crippen LogP) is 17.8. The standard InChI is InChI=1S/2C19H16.C16H13N3.C13H12/c1-15-12-18(16-8-4-2-5-9-16)14-19(13-15)17-10-6-3-7-11-17;1-15-7-9-17(10-8-15)19-13-11-18(12-14-19)16-5-3-2-4-6-16;1-12-17-15(13-8-4-2-5-9-13)19-16(18-12)14-10-6-3-7-11-14;1-11-6-5-9-13(10-11)12-7-3-2-4-8-12/h2*2-14H,1H3;2-11H,1H3;2-10H,1H3/i2*2D,3D,4D,5D,6D,7D,8D,9D,10D,11D,12D,13D,14D;2D,3D,4D,5D,6D,7D,8D,9D,10D,11D;2D,3D,4D,5D,6D,7D,8D,9D,10D. The minimum atomic E-state index is -0.725. The van der Waals surface area contributed by atoms with E-state index < -0.39 is 281 Å². The minimum absolute atomic E-state index is 0.0374. The summed E-state index contributed by atoms with van der Waals surface area (Å²) in [6.45, 7) is 5.63. The van der Waals surface area contributed by atoms with Crippen molar-refractivity contribution in [2.75, 3.05) is 0 Å². The average molecular weight is 949 g/mol. The average Bonchev–Trinajstić information content (AvgIpc) is 0.733. The molecule has 0 aliphatic rings. The zero-order chi connectivity index (χ0) is 87.5. The van der Waals surface area contributed by atoms with Gasteiger partial charge in [0.05, 0.1) is 61.7 Å². The van der Waals surface area contributed by atoms with Crippen LogP contribution in [0.3, 0.4) is 0 Å². The van der Waals surface area contributed by atoms with Gasteiger partial charge >= 0.3 is 0 Å². The Labute approximate surface area is 477 Å². The van der Waals surface area contributed by atoms with Crippen molar-refractivity contribution in [3.05, 3.63) is 294 Å². The zero-order valence-electron chi connectivity index (χ0n) is 81.8. The SMILES string of the molecule is [2H]c1c([2H])c([2H])c(-c2c([2H])c(C)c([2H])c(-c3c([2H])c([2H])c([2H])c([2H])c3[2H])c2[2H])c([2H])c1[2H].[2H]c1c([2H])c([2H])c(-c2c([2H])c([2H])c(-c3c([2H])c([2H])c(C)c([2H])c3[2H])c([2H])c2[2H])c([2H])c1[2H].[2H]c1c([2H])c([2H])c(-c2c([2H])c([2H])c([2H])c(C)c2[2H])c([2H])c1[2H].[2H]c1c([2H])c([2H])c(-c2nc(C)nc(-c3c([2H])c([2H])c([2H])c([2H])c3[2H])n2)c([2H])c1[2H]. The summed E-state index contributed by atoms with van der Waals surface area (Å²) in [5.74, 6) is -0.420. The second-order valence-corrected chi connectivity index (χ2v) is 13.5. The van der Waals surface area contributed by atoms with Crippen LogP contribution in [0.5, 0.6) is 0 Å². The van der Waals surface area contributed by atoms with Crippen LogP contribution in [0.1, 0.15) is 84.2 Å². The van der Waals surface area contributed by atoms with Crippen LogP contribution in [0, 0.1) is 27.7 Å². The predicted molar refractivity (Wildman–Crippen MR) is 296 cm³/mol. The molecule has 0 unspecified atom stereocenters. The summed E-state index contributed by atoms with van der Waals surface area (Å²) < 4.78 is 360. The maximum Gasteiger partial charge on any atom is 0.163 e. The van der Waals surface area contributed by atoms with E-state index in [1.807, 2.05) is 0 Å². The molecule has 70 heavy (non-hydrogen) atoms. The lowest BCUT2D eigenvalue weighted by Crippen LogP contribution is -1.99. The second kappa shape index (κ2) is 24.3. The third-order valence-corrected chi connectivity index (χ3v) is 8.44. The van der Waals surface area contributed by atoms with E-state index in [2.05, 4.69) is 15.0 Å². The van der Waals surface area contributed by atoms with Gasteiger partial charge in [-0.3, -0.25) is 0 Å². The van der Waals surface area contributed by atoms with E-state index in [-0.39, 0.29) is 91.7 Å².